The summed E-state index contributed by atoms with van der Waals surface area (Å²) in [5.41, 5.74) is 8.59. The molecule has 4 heteroatoms. The second kappa shape index (κ2) is 7.46. The molecule has 2 rings (SSSR count). The average Bonchev–Trinajstić information content (AvgIpc) is 2.65. The van der Waals surface area contributed by atoms with E-state index < -0.39 is 0 Å². The summed E-state index contributed by atoms with van der Waals surface area (Å²) in [7, 11) is 1.98. The maximum Gasteiger partial charge on any atom is 0.0850 e. The second-order valence-electron chi connectivity index (χ2n) is 6.16. The van der Waals surface area contributed by atoms with E-state index in [4.69, 9.17) is 17.3 Å². The molecule has 20 heavy (non-hydrogen) atoms. The van der Waals surface area contributed by atoms with Crippen molar-refractivity contribution in [2.24, 2.45) is 18.7 Å². The molecule has 2 N–H and O–H groups in total. The molecule has 1 aliphatic rings. The third kappa shape index (κ3) is 3.76. The van der Waals surface area contributed by atoms with Crippen molar-refractivity contribution >= 4 is 11.6 Å². The highest BCUT2D eigenvalue weighted by atomic mass is 35.5. The minimum absolute atomic E-state index is 0.214. The van der Waals surface area contributed by atoms with E-state index in [0.29, 0.717) is 5.92 Å². The van der Waals surface area contributed by atoms with Gasteiger partial charge in [0.2, 0.25) is 0 Å². The Labute approximate surface area is 127 Å². The molecule has 0 radical (unpaired) electrons. The Balaban J connectivity index is 2.02. The fourth-order valence-corrected chi connectivity index (χ4v) is 3.72. The van der Waals surface area contributed by atoms with Crippen molar-refractivity contribution in [3.63, 3.8) is 0 Å². The Morgan fingerprint density at radius 3 is 2.40 bits per heavy atom. The monoisotopic (exact) mass is 297 g/mol. The molecule has 0 aromatic carbocycles. The normalized spacial score (nSPS) is 19.6. The van der Waals surface area contributed by atoms with Crippen LogP contribution in [0.15, 0.2) is 0 Å². The van der Waals surface area contributed by atoms with Gasteiger partial charge in [-0.1, -0.05) is 50.6 Å². The highest BCUT2D eigenvalue weighted by Gasteiger charge is 2.22. The van der Waals surface area contributed by atoms with Gasteiger partial charge in [0.25, 0.3) is 0 Å². The largest absolute Gasteiger partial charge is 0.327 e. The van der Waals surface area contributed by atoms with Gasteiger partial charge in [0.15, 0.2) is 0 Å². The summed E-state index contributed by atoms with van der Waals surface area (Å²) in [5.74, 6) is 0.645. The molecular weight excluding hydrogens is 270 g/mol. The molecule has 3 nitrogen and oxygen atoms in total. The van der Waals surface area contributed by atoms with Gasteiger partial charge in [0.1, 0.15) is 0 Å². The van der Waals surface area contributed by atoms with E-state index >= 15 is 0 Å². The van der Waals surface area contributed by atoms with Gasteiger partial charge in [-0.2, -0.15) is 5.10 Å². The lowest BCUT2D eigenvalue weighted by Gasteiger charge is -2.26. The molecule has 0 spiro atoms. The first-order valence-corrected chi connectivity index (χ1v) is 8.47. The molecule has 0 bridgehead atoms. The van der Waals surface area contributed by atoms with Crippen molar-refractivity contribution in [3.8, 4) is 0 Å². The molecule has 1 aromatic rings. The quantitative estimate of drug-likeness (QED) is 0.917. The Bertz CT molecular complexity index is 420. The standard InChI is InChI=1S/C16H28ClN3/c1-3-14-16(17)15(20(2)19-14)11-13(18)12-9-7-5-4-6-8-10-12/h12-13H,3-11,18H2,1-2H3. The zero-order chi connectivity index (χ0) is 14.5. The zero-order valence-electron chi connectivity index (χ0n) is 12.9. The number of hydrogen-bond acceptors (Lipinski definition) is 2. The van der Waals surface area contributed by atoms with Gasteiger partial charge in [-0.15, -0.1) is 0 Å². The van der Waals surface area contributed by atoms with Crippen molar-refractivity contribution in [2.75, 3.05) is 0 Å². The van der Waals surface area contributed by atoms with Crippen LogP contribution in [-0.4, -0.2) is 15.8 Å². The number of hydrogen-bond donors (Lipinski definition) is 1. The Morgan fingerprint density at radius 2 is 1.85 bits per heavy atom. The highest BCUT2D eigenvalue weighted by Crippen LogP contribution is 2.28. The van der Waals surface area contributed by atoms with Gasteiger partial charge in [-0.05, 0) is 25.2 Å². The summed E-state index contributed by atoms with van der Waals surface area (Å²) in [5, 5.41) is 5.32. The van der Waals surface area contributed by atoms with Crippen molar-refractivity contribution in [2.45, 2.75) is 70.8 Å². The summed E-state index contributed by atoms with van der Waals surface area (Å²) in [4.78, 5) is 0. The molecule has 1 aromatic heterocycles. The van der Waals surface area contributed by atoms with E-state index in [2.05, 4.69) is 12.0 Å². The predicted octanol–water partition coefficient (Wildman–Crippen LogP) is 3.87. The summed E-state index contributed by atoms with van der Waals surface area (Å²) in [6.07, 6.45) is 11.1. The molecule has 0 saturated heterocycles. The lowest BCUT2D eigenvalue weighted by atomic mass is 9.84. The van der Waals surface area contributed by atoms with Crippen molar-refractivity contribution in [3.05, 3.63) is 16.4 Å². The Hall–Kier alpha value is -0.540. The van der Waals surface area contributed by atoms with Gasteiger partial charge in [0, 0.05) is 19.5 Å². The molecule has 1 aliphatic carbocycles. The predicted molar refractivity (Wildman–Crippen MR) is 85.1 cm³/mol. The number of nitrogens with two attached hydrogens (primary N) is 1. The van der Waals surface area contributed by atoms with Crippen LogP contribution in [0.4, 0.5) is 0 Å². The average molecular weight is 298 g/mol. The van der Waals surface area contributed by atoms with Crippen molar-refractivity contribution < 1.29 is 0 Å². The Kier molecular flexibility index (Phi) is 5.91. The maximum atomic E-state index is 6.49. The lowest BCUT2D eigenvalue weighted by Crippen LogP contribution is -2.33. The van der Waals surface area contributed by atoms with E-state index in [-0.39, 0.29) is 6.04 Å². The molecule has 0 aliphatic heterocycles. The van der Waals surface area contributed by atoms with Gasteiger partial charge < -0.3 is 5.73 Å². The highest BCUT2D eigenvalue weighted by molar-refractivity contribution is 6.31. The number of aryl methyl sites for hydroxylation is 2. The minimum atomic E-state index is 0.214. The van der Waals surface area contributed by atoms with Crippen LogP contribution in [0.1, 0.15) is 63.3 Å². The molecular formula is C16H28ClN3. The van der Waals surface area contributed by atoms with Crippen LogP contribution in [0.3, 0.4) is 0 Å². The van der Waals surface area contributed by atoms with Crippen molar-refractivity contribution in [1.29, 1.82) is 0 Å². The van der Waals surface area contributed by atoms with E-state index in [1.807, 2.05) is 11.7 Å². The molecule has 1 fully saturated rings. The number of aromatic nitrogens is 2. The molecule has 1 saturated carbocycles. The van der Waals surface area contributed by atoms with Crippen LogP contribution >= 0.6 is 11.6 Å². The van der Waals surface area contributed by atoms with Gasteiger partial charge in [0.05, 0.1) is 16.4 Å². The summed E-state index contributed by atoms with van der Waals surface area (Å²) in [6, 6.07) is 0.214. The topological polar surface area (TPSA) is 43.8 Å². The van der Waals surface area contributed by atoms with Crippen LogP contribution in [0, 0.1) is 5.92 Å². The van der Waals surface area contributed by atoms with Crippen LogP contribution in [0.5, 0.6) is 0 Å². The SMILES string of the molecule is CCc1nn(C)c(CC(N)C2CCCCCCC2)c1Cl. The fraction of sp³-hybridized carbons (Fsp3) is 0.812. The first-order valence-electron chi connectivity index (χ1n) is 8.09. The second-order valence-corrected chi connectivity index (χ2v) is 6.54. The molecule has 1 unspecified atom stereocenters. The summed E-state index contributed by atoms with van der Waals surface area (Å²) >= 11 is 6.43. The number of halogens is 1. The molecule has 1 atom stereocenters. The van der Waals surface area contributed by atoms with Crippen LogP contribution in [-0.2, 0) is 19.9 Å². The smallest absolute Gasteiger partial charge is 0.0850 e. The summed E-state index contributed by atoms with van der Waals surface area (Å²) < 4.78 is 1.92. The first-order chi connectivity index (χ1) is 9.63. The lowest BCUT2D eigenvalue weighted by molar-refractivity contribution is 0.319. The number of nitrogens with zero attached hydrogens (tertiary/aromatic N) is 2. The number of rotatable bonds is 4. The molecule has 114 valence electrons. The zero-order valence-corrected chi connectivity index (χ0v) is 13.6. The minimum Gasteiger partial charge on any atom is -0.327 e. The molecule has 1 heterocycles. The van der Waals surface area contributed by atoms with Crippen LogP contribution < -0.4 is 5.73 Å². The molecule has 0 amide bonds. The van der Waals surface area contributed by atoms with E-state index in [9.17, 15) is 0 Å². The van der Waals surface area contributed by atoms with Gasteiger partial charge in [-0.25, -0.2) is 0 Å². The van der Waals surface area contributed by atoms with Crippen molar-refractivity contribution in [1.82, 2.24) is 9.78 Å². The van der Waals surface area contributed by atoms with E-state index in [1.165, 1.54) is 44.9 Å². The van der Waals surface area contributed by atoms with Crippen LogP contribution in [0.25, 0.3) is 0 Å². The first kappa shape index (κ1) is 15.8. The third-order valence-corrected chi connectivity index (χ3v) is 5.12. The summed E-state index contributed by atoms with van der Waals surface area (Å²) in [6.45, 7) is 2.09. The van der Waals surface area contributed by atoms with Gasteiger partial charge >= 0.3 is 0 Å². The third-order valence-electron chi connectivity index (χ3n) is 4.69. The Morgan fingerprint density at radius 1 is 1.25 bits per heavy atom. The fourth-order valence-electron chi connectivity index (χ4n) is 3.35. The van der Waals surface area contributed by atoms with Crippen LogP contribution in [0.2, 0.25) is 5.02 Å². The maximum absolute atomic E-state index is 6.49. The van der Waals surface area contributed by atoms with Gasteiger partial charge in [-0.3, -0.25) is 4.68 Å². The van der Waals surface area contributed by atoms with E-state index in [0.717, 1.165) is 29.3 Å². The van der Waals surface area contributed by atoms with E-state index in [1.54, 1.807) is 0 Å².